The van der Waals surface area contributed by atoms with Gasteiger partial charge in [-0.15, -0.1) is 5.10 Å². The highest BCUT2D eigenvalue weighted by molar-refractivity contribution is 5.13. The minimum Gasteiger partial charge on any atom is -0.311 e. The molecular weight excluding hydrogens is 200 g/mol. The van der Waals surface area contributed by atoms with E-state index in [1.807, 2.05) is 0 Å². The number of hydrogen-bond acceptors (Lipinski definition) is 3. The molecule has 0 unspecified atom stereocenters. The summed E-state index contributed by atoms with van der Waals surface area (Å²) in [5, 5.41) is 11.9. The third-order valence-electron chi connectivity index (χ3n) is 3.87. The molecule has 0 amide bonds. The third-order valence-corrected chi connectivity index (χ3v) is 3.87. The average Bonchev–Trinajstić information content (AvgIpc) is 2.61. The van der Waals surface area contributed by atoms with Crippen LogP contribution >= 0.6 is 0 Å². The summed E-state index contributed by atoms with van der Waals surface area (Å²) in [6, 6.07) is 0. The largest absolute Gasteiger partial charge is 0.311 e. The van der Waals surface area contributed by atoms with Crippen LogP contribution in [0.1, 0.15) is 39.1 Å². The van der Waals surface area contributed by atoms with E-state index in [4.69, 9.17) is 0 Å². The van der Waals surface area contributed by atoms with Crippen LogP contribution in [-0.4, -0.2) is 21.5 Å². The maximum atomic E-state index is 4.29. The van der Waals surface area contributed by atoms with Crippen LogP contribution in [-0.2, 0) is 19.5 Å². The fourth-order valence-electron chi connectivity index (χ4n) is 1.89. The van der Waals surface area contributed by atoms with Crippen LogP contribution in [0.15, 0.2) is 0 Å². The average molecular weight is 222 g/mol. The van der Waals surface area contributed by atoms with Crippen LogP contribution in [0.3, 0.4) is 0 Å². The number of rotatable bonds is 3. The Morgan fingerprint density at radius 3 is 2.88 bits per heavy atom. The standard InChI is InChI=1S/C12H22N4/c1-9(2)12(3,4)8-16-11-5-6-13-7-10(11)14-15-16/h9,13H,5-8H2,1-4H3. The lowest BCUT2D eigenvalue weighted by Crippen LogP contribution is -2.30. The summed E-state index contributed by atoms with van der Waals surface area (Å²) < 4.78 is 2.11. The van der Waals surface area contributed by atoms with Crippen LogP contribution in [0, 0.1) is 11.3 Å². The van der Waals surface area contributed by atoms with Crippen molar-refractivity contribution in [3.05, 3.63) is 11.4 Å². The van der Waals surface area contributed by atoms with Crippen molar-refractivity contribution in [3.63, 3.8) is 0 Å². The lowest BCUT2D eigenvalue weighted by Gasteiger charge is -2.29. The molecule has 1 aromatic heterocycles. The molecule has 1 aliphatic rings. The van der Waals surface area contributed by atoms with Crippen molar-refractivity contribution in [2.45, 2.75) is 47.2 Å². The zero-order chi connectivity index (χ0) is 11.8. The molecule has 1 N–H and O–H groups in total. The fourth-order valence-corrected chi connectivity index (χ4v) is 1.89. The molecule has 0 aliphatic carbocycles. The van der Waals surface area contributed by atoms with Gasteiger partial charge in [0.2, 0.25) is 0 Å². The van der Waals surface area contributed by atoms with Gasteiger partial charge in [0.15, 0.2) is 0 Å². The summed E-state index contributed by atoms with van der Waals surface area (Å²) in [4.78, 5) is 0. The van der Waals surface area contributed by atoms with E-state index in [0.29, 0.717) is 5.92 Å². The van der Waals surface area contributed by atoms with E-state index in [2.05, 4.69) is 48.0 Å². The molecule has 0 fully saturated rings. The minimum atomic E-state index is 0.270. The first kappa shape index (κ1) is 11.6. The summed E-state index contributed by atoms with van der Waals surface area (Å²) in [5.74, 6) is 0.647. The molecular formula is C12H22N4. The summed E-state index contributed by atoms with van der Waals surface area (Å²) in [6.45, 7) is 12.0. The molecule has 1 aliphatic heterocycles. The maximum Gasteiger partial charge on any atom is 0.0997 e. The topological polar surface area (TPSA) is 42.7 Å². The first-order valence-corrected chi connectivity index (χ1v) is 6.12. The van der Waals surface area contributed by atoms with Gasteiger partial charge < -0.3 is 5.32 Å². The van der Waals surface area contributed by atoms with Crippen molar-refractivity contribution in [2.24, 2.45) is 11.3 Å². The highest BCUT2D eigenvalue weighted by atomic mass is 15.4. The smallest absolute Gasteiger partial charge is 0.0997 e. The SMILES string of the molecule is CC(C)C(C)(C)Cn1nnc2c1CCNC2. The Kier molecular flexibility index (Phi) is 3.02. The molecule has 4 heteroatoms. The fraction of sp³-hybridized carbons (Fsp3) is 0.833. The van der Waals surface area contributed by atoms with Gasteiger partial charge in [-0.05, 0) is 11.3 Å². The third kappa shape index (κ3) is 2.12. The molecule has 0 bridgehead atoms. The number of aromatic nitrogens is 3. The molecule has 16 heavy (non-hydrogen) atoms. The van der Waals surface area contributed by atoms with E-state index in [1.54, 1.807) is 0 Å². The van der Waals surface area contributed by atoms with Crippen molar-refractivity contribution in [1.29, 1.82) is 0 Å². The number of nitrogens with one attached hydrogen (secondary N) is 1. The van der Waals surface area contributed by atoms with Gasteiger partial charge in [0.05, 0.1) is 11.4 Å². The van der Waals surface area contributed by atoms with Crippen LogP contribution in [0.5, 0.6) is 0 Å². The zero-order valence-corrected chi connectivity index (χ0v) is 10.7. The van der Waals surface area contributed by atoms with Gasteiger partial charge in [0.1, 0.15) is 0 Å². The summed E-state index contributed by atoms with van der Waals surface area (Å²) in [5.41, 5.74) is 2.73. The van der Waals surface area contributed by atoms with Crippen molar-refractivity contribution in [1.82, 2.24) is 20.3 Å². The van der Waals surface area contributed by atoms with E-state index in [-0.39, 0.29) is 5.41 Å². The van der Waals surface area contributed by atoms with Gasteiger partial charge in [-0.1, -0.05) is 32.9 Å². The van der Waals surface area contributed by atoms with Crippen molar-refractivity contribution < 1.29 is 0 Å². The minimum absolute atomic E-state index is 0.270. The number of fused-ring (bicyclic) bond motifs is 1. The second-order valence-corrected chi connectivity index (χ2v) is 5.71. The second kappa shape index (κ2) is 4.17. The van der Waals surface area contributed by atoms with Gasteiger partial charge in [0.25, 0.3) is 0 Å². The highest BCUT2D eigenvalue weighted by Gasteiger charge is 2.26. The van der Waals surface area contributed by atoms with E-state index >= 15 is 0 Å². The predicted octanol–water partition coefficient (Wildman–Crippen LogP) is 1.61. The molecule has 0 saturated heterocycles. The number of hydrogen-bond donors (Lipinski definition) is 1. The van der Waals surface area contributed by atoms with Gasteiger partial charge in [-0.2, -0.15) is 0 Å². The second-order valence-electron chi connectivity index (χ2n) is 5.71. The van der Waals surface area contributed by atoms with Crippen LogP contribution in [0.4, 0.5) is 0 Å². The molecule has 2 heterocycles. The van der Waals surface area contributed by atoms with E-state index < -0.39 is 0 Å². The van der Waals surface area contributed by atoms with Crippen LogP contribution in [0.25, 0.3) is 0 Å². The highest BCUT2D eigenvalue weighted by Crippen LogP contribution is 2.28. The Morgan fingerprint density at radius 2 is 2.19 bits per heavy atom. The summed E-state index contributed by atoms with van der Waals surface area (Å²) >= 11 is 0. The molecule has 2 rings (SSSR count). The monoisotopic (exact) mass is 222 g/mol. The zero-order valence-electron chi connectivity index (χ0n) is 10.7. The van der Waals surface area contributed by atoms with Crippen molar-refractivity contribution in [2.75, 3.05) is 6.54 Å². The van der Waals surface area contributed by atoms with E-state index in [0.717, 1.165) is 31.7 Å². The first-order valence-electron chi connectivity index (χ1n) is 6.12. The van der Waals surface area contributed by atoms with Gasteiger partial charge in [-0.3, -0.25) is 0 Å². The number of nitrogens with zero attached hydrogens (tertiary/aromatic N) is 3. The Bertz CT molecular complexity index is 365. The summed E-state index contributed by atoms with van der Waals surface area (Å²) in [6.07, 6.45) is 1.05. The van der Waals surface area contributed by atoms with E-state index in [1.165, 1.54) is 5.69 Å². The first-order chi connectivity index (χ1) is 7.50. The molecule has 4 nitrogen and oxygen atoms in total. The molecule has 1 aromatic rings. The molecule has 0 spiro atoms. The van der Waals surface area contributed by atoms with E-state index in [9.17, 15) is 0 Å². The lowest BCUT2D eigenvalue weighted by molar-refractivity contribution is 0.196. The van der Waals surface area contributed by atoms with Crippen molar-refractivity contribution >= 4 is 0 Å². The molecule has 90 valence electrons. The Morgan fingerprint density at radius 1 is 1.44 bits per heavy atom. The molecule has 0 atom stereocenters. The molecule has 0 aromatic carbocycles. The predicted molar refractivity (Wildman–Crippen MR) is 64.1 cm³/mol. The normalized spacial score (nSPS) is 16.6. The lowest BCUT2D eigenvalue weighted by atomic mass is 9.81. The van der Waals surface area contributed by atoms with Gasteiger partial charge in [-0.25, -0.2) is 4.68 Å². The Balaban J connectivity index is 2.19. The van der Waals surface area contributed by atoms with Gasteiger partial charge in [0, 0.05) is 26.1 Å². The quantitative estimate of drug-likeness (QED) is 0.845. The Hall–Kier alpha value is -0.900. The molecule has 0 radical (unpaired) electrons. The van der Waals surface area contributed by atoms with Crippen molar-refractivity contribution in [3.8, 4) is 0 Å². The summed E-state index contributed by atoms with van der Waals surface area (Å²) in [7, 11) is 0. The Labute approximate surface area is 97.4 Å². The van der Waals surface area contributed by atoms with Crippen LogP contribution < -0.4 is 5.32 Å². The van der Waals surface area contributed by atoms with Gasteiger partial charge >= 0.3 is 0 Å². The molecule has 0 saturated carbocycles. The maximum absolute atomic E-state index is 4.29. The van der Waals surface area contributed by atoms with Crippen LogP contribution in [0.2, 0.25) is 0 Å².